The summed E-state index contributed by atoms with van der Waals surface area (Å²) in [6.45, 7) is 0. The van der Waals surface area contributed by atoms with Gasteiger partial charge >= 0.3 is 0 Å². The zero-order valence-electron chi connectivity index (χ0n) is 9.05. The Morgan fingerprint density at radius 2 is 2.31 bits per heavy atom. The van der Waals surface area contributed by atoms with Gasteiger partial charge in [0.1, 0.15) is 11.4 Å². The molecular formula is C10H13N5O. The molecule has 0 aromatic carbocycles. The molecule has 1 fully saturated rings. The molecule has 0 aliphatic heterocycles. The van der Waals surface area contributed by atoms with E-state index in [0.29, 0.717) is 23.2 Å². The third-order valence-electron chi connectivity index (χ3n) is 3.13. The molecule has 84 valence electrons. The van der Waals surface area contributed by atoms with Crippen LogP contribution in [0.15, 0.2) is 10.7 Å². The third kappa shape index (κ3) is 1.30. The lowest BCUT2D eigenvalue weighted by Crippen LogP contribution is -2.10. The van der Waals surface area contributed by atoms with E-state index in [4.69, 9.17) is 10.3 Å². The molecule has 0 atom stereocenters. The first-order chi connectivity index (χ1) is 7.75. The predicted octanol–water partition coefficient (Wildman–Crippen LogP) is 1.32. The van der Waals surface area contributed by atoms with Gasteiger partial charge in [-0.2, -0.15) is 10.1 Å². The van der Waals surface area contributed by atoms with Gasteiger partial charge in [0, 0.05) is 13.0 Å². The molecular weight excluding hydrogens is 206 g/mol. The molecule has 2 heterocycles. The van der Waals surface area contributed by atoms with E-state index in [0.717, 1.165) is 18.7 Å². The number of nitrogens with zero attached hydrogens (tertiary/aromatic N) is 4. The van der Waals surface area contributed by atoms with Crippen LogP contribution in [0.1, 0.15) is 31.0 Å². The highest BCUT2D eigenvalue weighted by molar-refractivity contribution is 5.66. The normalized spacial score (nSPS) is 16.3. The lowest BCUT2D eigenvalue weighted by atomic mass is 9.85. The van der Waals surface area contributed by atoms with Crippen molar-refractivity contribution >= 4 is 5.82 Å². The van der Waals surface area contributed by atoms with Crippen molar-refractivity contribution in [2.24, 2.45) is 7.05 Å². The molecule has 2 N–H and O–H groups in total. The van der Waals surface area contributed by atoms with Crippen LogP contribution in [-0.4, -0.2) is 19.9 Å². The van der Waals surface area contributed by atoms with Gasteiger partial charge in [-0.05, 0) is 12.8 Å². The molecule has 1 aliphatic carbocycles. The minimum absolute atomic E-state index is 0.465. The fourth-order valence-electron chi connectivity index (χ4n) is 1.79. The van der Waals surface area contributed by atoms with Gasteiger partial charge in [0.2, 0.25) is 0 Å². The van der Waals surface area contributed by atoms with E-state index in [1.165, 1.54) is 6.42 Å². The first kappa shape index (κ1) is 9.38. The highest BCUT2D eigenvalue weighted by atomic mass is 16.5. The van der Waals surface area contributed by atoms with Gasteiger partial charge in [-0.3, -0.25) is 4.68 Å². The van der Waals surface area contributed by atoms with E-state index in [2.05, 4.69) is 15.2 Å². The lowest BCUT2D eigenvalue weighted by molar-refractivity contribution is 0.366. The molecule has 0 spiro atoms. The minimum Gasteiger partial charge on any atom is -0.383 e. The van der Waals surface area contributed by atoms with Crippen molar-refractivity contribution in [2.75, 3.05) is 5.73 Å². The van der Waals surface area contributed by atoms with Crippen LogP contribution in [0.3, 0.4) is 0 Å². The predicted molar refractivity (Wildman–Crippen MR) is 57.5 cm³/mol. The fraction of sp³-hybridized carbons (Fsp3) is 0.500. The van der Waals surface area contributed by atoms with Gasteiger partial charge in [-0.15, -0.1) is 0 Å². The Kier molecular flexibility index (Phi) is 1.95. The van der Waals surface area contributed by atoms with Crippen molar-refractivity contribution in [3.8, 4) is 11.5 Å². The van der Waals surface area contributed by atoms with Crippen molar-refractivity contribution in [1.82, 2.24) is 19.9 Å². The molecule has 2 aromatic heterocycles. The van der Waals surface area contributed by atoms with Crippen LogP contribution < -0.4 is 5.73 Å². The summed E-state index contributed by atoms with van der Waals surface area (Å²) in [5.41, 5.74) is 6.55. The second-order valence-electron chi connectivity index (χ2n) is 4.15. The maximum absolute atomic E-state index is 5.84. The van der Waals surface area contributed by atoms with E-state index in [1.807, 2.05) is 0 Å². The van der Waals surface area contributed by atoms with Crippen molar-refractivity contribution in [2.45, 2.75) is 25.2 Å². The molecule has 0 radical (unpaired) electrons. The van der Waals surface area contributed by atoms with Crippen LogP contribution in [0.4, 0.5) is 5.82 Å². The number of rotatable bonds is 2. The van der Waals surface area contributed by atoms with Crippen LogP contribution in [0.5, 0.6) is 0 Å². The number of anilines is 1. The van der Waals surface area contributed by atoms with Crippen LogP contribution in [0.25, 0.3) is 11.5 Å². The summed E-state index contributed by atoms with van der Waals surface area (Å²) in [4.78, 5) is 4.37. The molecule has 1 aliphatic rings. The molecule has 2 aromatic rings. The first-order valence-corrected chi connectivity index (χ1v) is 5.37. The zero-order valence-corrected chi connectivity index (χ0v) is 9.05. The number of aryl methyl sites for hydroxylation is 1. The molecule has 0 unspecified atom stereocenters. The Hall–Kier alpha value is -1.85. The van der Waals surface area contributed by atoms with Crippen molar-refractivity contribution < 1.29 is 4.52 Å². The quantitative estimate of drug-likeness (QED) is 0.823. The van der Waals surface area contributed by atoms with Crippen molar-refractivity contribution in [1.29, 1.82) is 0 Å². The van der Waals surface area contributed by atoms with Crippen molar-refractivity contribution in [3.63, 3.8) is 0 Å². The molecule has 6 heteroatoms. The highest BCUT2D eigenvalue weighted by Crippen LogP contribution is 2.35. The summed E-state index contributed by atoms with van der Waals surface area (Å²) in [6.07, 6.45) is 5.21. The monoisotopic (exact) mass is 219 g/mol. The van der Waals surface area contributed by atoms with E-state index < -0.39 is 0 Å². The second-order valence-corrected chi connectivity index (χ2v) is 4.15. The standard InChI is InChI=1S/C10H13N5O/c1-15-8(11)7(5-12-15)10-13-9(14-16-10)6-3-2-4-6/h5-6H,2-4,11H2,1H3. The van der Waals surface area contributed by atoms with Gasteiger partial charge in [0.25, 0.3) is 5.89 Å². The zero-order chi connectivity index (χ0) is 11.1. The molecule has 1 saturated carbocycles. The third-order valence-corrected chi connectivity index (χ3v) is 3.13. The molecule has 0 amide bonds. The lowest BCUT2D eigenvalue weighted by Gasteiger charge is -2.20. The largest absolute Gasteiger partial charge is 0.383 e. The molecule has 0 saturated heterocycles. The highest BCUT2D eigenvalue weighted by Gasteiger charge is 2.25. The van der Waals surface area contributed by atoms with Gasteiger partial charge in [0.05, 0.1) is 6.20 Å². The Morgan fingerprint density at radius 3 is 2.88 bits per heavy atom. The molecule has 6 nitrogen and oxygen atoms in total. The van der Waals surface area contributed by atoms with E-state index in [-0.39, 0.29) is 0 Å². The van der Waals surface area contributed by atoms with Crippen molar-refractivity contribution in [3.05, 3.63) is 12.0 Å². The minimum atomic E-state index is 0.465. The number of hydrogen-bond donors (Lipinski definition) is 1. The van der Waals surface area contributed by atoms with Gasteiger partial charge in [0.15, 0.2) is 5.82 Å². The Labute approximate surface area is 92.4 Å². The summed E-state index contributed by atoms with van der Waals surface area (Å²) < 4.78 is 6.79. The van der Waals surface area contributed by atoms with Crippen LogP contribution in [0, 0.1) is 0 Å². The summed E-state index contributed by atoms with van der Waals surface area (Å²) >= 11 is 0. The Balaban J connectivity index is 1.94. The number of nitrogen functional groups attached to an aromatic ring is 1. The smallest absolute Gasteiger partial charge is 0.263 e. The summed E-state index contributed by atoms with van der Waals surface area (Å²) in [5, 5.41) is 8.03. The SMILES string of the molecule is Cn1ncc(-c2nc(C3CCC3)no2)c1N. The summed E-state index contributed by atoms with van der Waals surface area (Å²) in [7, 11) is 1.78. The fourth-order valence-corrected chi connectivity index (χ4v) is 1.79. The van der Waals surface area contributed by atoms with Crippen LogP contribution in [0.2, 0.25) is 0 Å². The summed E-state index contributed by atoms with van der Waals surface area (Å²) in [5.74, 6) is 2.27. The van der Waals surface area contributed by atoms with E-state index in [9.17, 15) is 0 Å². The Morgan fingerprint density at radius 1 is 1.50 bits per heavy atom. The first-order valence-electron chi connectivity index (χ1n) is 5.37. The summed E-state index contributed by atoms with van der Waals surface area (Å²) in [6, 6.07) is 0. The maximum atomic E-state index is 5.84. The van der Waals surface area contributed by atoms with E-state index >= 15 is 0 Å². The van der Waals surface area contributed by atoms with Gasteiger partial charge in [-0.25, -0.2) is 0 Å². The second kappa shape index (κ2) is 3.33. The molecule has 3 rings (SSSR count). The topological polar surface area (TPSA) is 82.8 Å². The molecule has 16 heavy (non-hydrogen) atoms. The Bertz CT molecular complexity index is 511. The average molecular weight is 219 g/mol. The van der Waals surface area contributed by atoms with Crippen LogP contribution >= 0.6 is 0 Å². The van der Waals surface area contributed by atoms with Gasteiger partial charge < -0.3 is 10.3 Å². The van der Waals surface area contributed by atoms with Gasteiger partial charge in [-0.1, -0.05) is 11.6 Å². The number of nitrogens with two attached hydrogens (primary N) is 1. The van der Waals surface area contributed by atoms with E-state index in [1.54, 1.807) is 17.9 Å². The number of aromatic nitrogens is 4. The van der Waals surface area contributed by atoms with Crippen LogP contribution in [-0.2, 0) is 7.05 Å². The maximum Gasteiger partial charge on any atom is 0.263 e. The number of hydrogen-bond acceptors (Lipinski definition) is 5. The molecule has 0 bridgehead atoms. The average Bonchev–Trinajstić information content (AvgIpc) is 2.74.